The van der Waals surface area contributed by atoms with Crippen LogP contribution in [0.25, 0.3) is 0 Å². The highest BCUT2D eigenvalue weighted by Gasteiger charge is 2.10. The maximum Gasteiger partial charge on any atom is 0.256 e. The van der Waals surface area contributed by atoms with E-state index in [1.807, 2.05) is 31.4 Å². The van der Waals surface area contributed by atoms with E-state index < -0.39 is 0 Å². The van der Waals surface area contributed by atoms with E-state index in [0.717, 1.165) is 19.7 Å². The van der Waals surface area contributed by atoms with Gasteiger partial charge in [0.1, 0.15) is 0 Å². The Balaban J connectivity index is 2.24. The van der Waals surface area contributed by atoms with Crippen molar-refractivity contribution in [2.45, 2.75) is 13.8 Å². The predicted molar refractivity (Wildman–Crippen MR) is 85.3 cm³/mol. The molecule has 3 nitrogen and oxygen atoms in total. The van der Waals surface area contributed by atoms with Crippen LogP contribution in [0.3, 0.4) is 0 Å². The van der Waals surface area contributed by atoms with Gasteiger partial charge in [-0.3, -0.25) is 4.79 Å². The smallest absolute Gasteiger partial charge is 0.256 e. The Kier molecular flexibility index (Phi) is 3.91. The second kappa shape index (κ2) is 5.27. The van der Waals surface area contributed by atoms with E-state index in [0.29, 0.717) is 11.3 Å². The molecule has 0 atom stereocenters. The van der Waals surface area contributed by atoms with E-state index in [1.54, 1.807) is 17.4 Å². The number of rotatable bonds is 2. The molecule has 1 amide bonds. The van der Waals surface area contributed by atoms with Gasteiger partial charge in [0.05, 0.1) is 8.45 Å². The minimum Gasteiger partial charge on any atom is -0.398 e. The second-order valence-electron chi connectivity index (χ2n) is 4.12. The van der Waals surface area contributed by atoms with Gasteiger partial charge in [-0.1, -0.05) is 6.07 Å². The summed E-state index contributed by atoms with van der Waals surface area (Å²) in [6.45, 7) is 3.91. The summed E-state index contributed by atoms with van der Waals surface area (Å²) in [6, 6.07) is 5.65. The Morgan fingerprint density at radius 2 is 2.00 bits per heavy atom. The van der Waals surface area contributed by atoms with Crippen LogP contribution in [0.15, 0.2) is 23.6 Å². The van der Waals surface area contributed by atoms with Gasteiger partial charge >= 0.3 is 0 Å². The van der Waals surface area contributed by atoms with Crippen molar-refractivity contribution >= 4 is 51.2 Å². The maximum absolute atomic E-state index is 12.0. The fourth-order valence-corrected chi connectivity index (χ4v) is 2.95. The number of hydrogen-bond donors (Lipinski definition) is 2. The second-order valence-corrected chi connectivity index (χ2v) is 6.92. The third kappa shape index (κ3) is 2.84. The van der Waals surface area contributed by atoms with Crippen LogP contribution in [-0.4, -0.2) is 5.91 Å². The summed E-state index contributed by atoms with van der Waals surface area (Å²) in [6.07, 6.45) is 0. The number of nitrogens with two attached hydrogens (primary N) is 1. The number of hydrogen-bond acceptors (Lipinski definition) is 3. The highest BCUT2D eigenvalue weighted by atomic mass is 127. The first-order valence-electron chi connectivity index (χ1n) is 5.39. The molecule has 0 unspecified atom stereocenters. The van der Waals surface area contributed by atoms with Crippen molar-refractivity contribution in [2.75, 3.05) is 11.1 Å². The van der Waals surface area contributed by atoms with Gasteiger partial charge in [0, 0.05) is 16.8 Å². The normalized spacial score (nSPS) is 10.4. The fraction of sp³-hybridized carbons (Fsp3) is 0.154. The lowest BCUT2D eigenvalue weighted by Crippen LogP contribution is -2.12. The maximum atomic E-state index is 12.0. The molecule has 5 heteroatoms. The number of carbonyl (C=O) groups excluding carboxylic acids is 1. The molecular formula is C13H13IN2OS. The molecule has 0 bridgehead atoms. The lowest BCUT2D eigenvalue weighted by atomic mass is 10.1. The van der Waals surface area contributed by atoms with Crippen molar-refractivity contribution in [1.29, 1.82) is 0 Å². The van der Waals surface area contributed by atoms with Crippen LogP contribution in [0.4, 0.5) is 11.4 Å². The first kappa shape index (κ1) is 13.4. The van der Waals surface area contributed by atoms with Gasteiger partial charge in [-0.25, -0.2) is 0 Å². The fourth-order valence-electron chi connectivity index (χ4n) is 1.63. The molecule has 0 aliphatic carbocycles. The van der Waals surface area contributed by atoms with Crippen LogP contribution in [0.1, 0.15) is 21.5 Å². The quantitative estimate of drug-likeness (QED) is 0.622. The number of carbonyl (C=O) groups is 1. The van der Waals surface area contributed by atoms with E-state index in [4.69, 9.17) is 5.73 Å². The molecule has 0 saturated carbocycles. The number of anilines is 2. The van der Waals surface area contributed by atoms with E-state index in [-0.39, 0.29) is 5.91 Å². The van der Waals surface area contributed by atoms with Crippen LogP contribution in [-0.2, 0) is 0 Å². The Morgan fingerprint density at radius 1 is 1.28 bits per heavy atom. The third-order valence-electron chi connectivity index (χ3n) is 2.69. The average molecular weight is 372 g/mol. The summed E-state index contributed by atoms with van der Waals surface area (Å²) in [4.78, 5) is 12.0. The minimum absolute atomic E-state index is 0.0967. The number of benzene rings is 1. The minimum atomic E-state index is -0.0967. The predicted octanol–water partition coefficient (Wildman–Crippen LogP) is 3.80. The first-order valence-corrected chi connectivity index (χ1v) is 7.35. The Hall–Kier alpha value is -1.08. The molecule has 3 N–H and O–H groups in total. The summed E-state index contributed by atoms with van der Waals surface area (Å²) in [5.41, 5.74) is 10.0. The molecule has 1 aromatic carbocycles. The summed E-state index contributed by atoms with van der Waals surface area (Å²) < 4.78 is 1.10. The largest absolute Gasteiger partial charge is 0.398 e. The van der Waals surface area contributed by atoms with Crippen LogP contribution in [0.2, 0.25) is 0 Å². The van der Waals surface area contributed by atoms with Gasteiger partial charge in [0.2, 0.25) is 0 Å². The van der Waals surface area contributed by atoms with E-state index in [9.17, 15) is 4.79 Å². The molecule has 18 heavy (non-hydrogen) atoms. The lowest BCUT2D eigenvalue weighted by molar-refractivity contribution is 0.102. The van der Waals surface area contributed by atoms with E-state index >= 15 is 0 Å². The van der Waals surface area contributed by atoms with Crippen LogP contribution in [0, 0.1) is 16.7 Å². The van der Waals surface area contributed by atoms with Crippen LogP contribution in [0.5, 0.6) is 0 Å². The number of aryl methyl sites for hydroxylation is 2. The Morgan fingerprint density at radius 3 is 2.61 bits per heavy atom. The zero-order valence-corrected chi connectivity index (χ0v) is 13.1. The third-order valence-corrected chi connectivity index (χ3v) is 4.48. The molecule has 0 saturated heterocycles. The van der Waals surface area contributed by atoms with Crippen molar-refractivity contribution < 1.29 is 4.79 Å². The molecule has 94 valence electrons. The zero-order valence-electron chi connectivity index (χ0n) is 10.1. The van der Waals surface area contributed by atoms with Gasteiger partial charge in [0.25, 0.3) is 5.91 Å². The summed E-state index contributed by atoms with van der Waals surface area (Å²) in [5.74, 6) is -0.0967. The van der Waals surface area contributed by atoms with Crippen LogP contribution < -0.4 is 11.1 Å². The van der Waals surface area contributed by atoms with Gasteiger partial charge in [-0.05, 0) is 59.7 Å². The molecule has 2 aromatic rings. The van der Waals surface area contributed by atoms with E-state index in [1.165, 1.54) is 0 Å². The zero-order chi connectivity index (χ0) is 13.3. The van der Waals surface area contributed by atoms with E-state index in [2.05, 4.69) is 27.9 Å². The topological polar surface area (TPSA) is 55.1 Å². The first-order chi connectivity index (χ1) is 8.47. The average Bonchev–Trinajstić information content (AvgIpc) is 2.73. The molecular weight excluding hydrogens is 359 g/mol. The molecule has 0 aliphatic heterocycles. The molecule has 1 heterocycles. The Bertz CT molecular complexity index is 607. The van der Waals surface area contributed by atoms with Crippen LogP contribution >= 0.6 is 33.9 Å². The van der Waals surface area contributed by atoms with Gasteiger partial charge in [-0.2, -0.15) is 0 Å². The number of nitrogen functional groups attached to an aromatic ring is 1. The monoisotopic (exact) mass is 372 g/mol. The highest BCUT2D eigenvalue weighted by molar-refractivity contribution is 14.1. The van der Waals surface area contributed by atoms with Crippen molar-refractivity contribution in [2.24, 2.45) is 0 Å². The highest BCUT2D eigenvalue weighted by Crippen LogP contribution is 2.24. The number of halogens is 1. The van der Waals surface area contributed by atoms with Gasteiger partial charge < -0.3 is 11.1 Å². The molecule has 0 radical (unpaired) electrons. The summed E-state index contributed by atoms with van der Waals surface area (Å²) >= 11 is 3.75. The van der Waals surface area contributed by atoms with Gasteiger partial charge in [-0.15, -0.1) is 11.3 Å². The lowest BCUT2D eigenvalue weighted by Gasteiger charge is -2.10. The SMILES string of the molecule is Cc1cc(C)c(NC(=O)c2csc(I)c2)cc1N. The van der Waals surface area contributed by atoms with Crippen molar-refractivity contribution in [3.8, 4) is 0 Å². The number of amides is 1. The molecule has 0 fully saturated rings. The molecule has 0 spiro atoms. The van der Waals surface area contributed by atoms with Gasteiger partial charge in [0.15, 0.2) is 0 Å². The summed E-state index contributed by atoms with van der Waals surface area (Å²) in [7, 11) is 0. The standard InChI is InChI=1S/C13H13IN2OS/c1-7-3-8(2)11(5-10(7)15)16-13(17)9-4-12(14)18-6-9/h3-6H,15H2,1-2H3,(H,16,17). The molecule has 1 aromatic heterocycles. The van der Waals surface area contributed by atoms with Crippen molar-refractivity contribution in [1.82, 2.24) is 0 Å². The molecule has 2 rings (SSSR count). The number of nitrogens with one attached hydrogen (secondary N) is 1. The van der Waals surface area contributed by atoms with Crippen molar-refractivity contribution in [3.05, 3.63) is 43.2 Å². The molecule has 0 aliphatic rings. The summed E-state index contributed by atoms with van der Waals surface area (Å²) in [5, 5.41) is 4.74. The Labute approximate surface area is 124 Å². The van der Waals surface area contributed by atoms with Crippen molar-refractivity contribution in [3.63, 3.8) is 0 Å². The number of thiophene rings is 1.